The van der Waals surface area contributed by atoms with E-state index in [2.05, 4.69) is 4.90 Å². The van der Waals surface area contributed by atoms with Crippen LogP contribution in [0.2, 0.25) is 0 Å². The molecule has 2 aromatic rings. The Morgan fingerprint density at radius 3 is 2.10 bits per heavy atom. The standard InChI is InChI=1S/C24H27NO6/c1-7-25-18-12-21(30-6)20(29-5)11-17(18)24(2,22-19(25)13-31-23(22)26)14-8-15(27-3)10-16(9-14)28-4/h8-12H,7,13H2,1-6H3. The van der Waals surface area contributed by atoms with Crippen LogP contribution in [0.4, 0.5) is 5.69 Å². The maximum absolute atomic E-state index is 13.0. The summed E-state index contributed by atoms with van der Waals surface area (Å²) in [5, 5.41) is 0. The minimum Gasteiger partial charge on any atom is -0.497 e. The number of hydrogen-bond donors (Lipinski definition) is 0. The number of fused-ring (bicyclic) bond motifs is 1. The lowest BCUT2D eigenvalue weighted by Gasteiger charge is -2.42. The highest BCUT2D eigenvalue weighted by Gasteiger charge is 2.50. The van der Waals surface area contributed by atoms with Crippen molar-refractivity contribution in [2.45, 2.75) is 19.3 Å². The molecule has 2 aliphatic rings. The van der Waals surface area contributed by atoms with Crippen molar-refractivity contribution in [1.82, 2.24) is 0 Å². The molecule has 2 aromatic carbocycles. The number of anilines is 1. The molecule has 1 atom stereocenters. The van der Waals surface area contributed by atoms with E-state index >= 15 is 0 Å². The fourth-order valence-corrected chi connectivity index (χ4v) is 4.63. The molecule has 0 fully saturated rings. The first-order valence-corrected chi connectivity index (χ1v) is 10.1. The summed E-state index contributed by atoms with van der Waals surface area (Å²) in [6.45, 7) is 4.98. The topological polar surface area (TPSA) is 66.5 Å². The second-order valence-electron chi connectivity index (χ2n) is 7.59. The van der Waals surface area contributed by atoms with Crippen LogP contribution in [0.25, 0.3) is 0 Å². The number of methoxy groups -OCH3 is 4. The third kappa shape index (κ3) is 2.99. The van der Waals surface area contributed by atoms with E-state index in [-0.39, 0.29) is 12.6 Å². The Bertz CT molecular complexity index is 1050. The van der Waals surface area contributed by atoms with Gasteiger partial charge in [-0.25, -0.2) is 4.79 Å². The summed E-state index contributed by atoms with van der Waals surface area (Å²) in [7, 11) is 6.43. The monoisotopic (exact) mass is 425 g/mol. The van der Waals surface area contributed by atoms with Gasteiger partial charge in [-0.1, -0.05) is 0 Å². The van der Waals surface area contributed by atoms with E-state index < -0.39 is 5.41 Å². The largest absolute Gasteiger partial charge is 0.497 e. The molecule has 0 saturated carbocycles. The smallest absolute Gasteiger partial charge is 0.337 e. The van der Waals surface area contributed by atoms with Gasteiger partial charge in [0.25, 0.3) is 0 Å². The van der Waals surface area contributed by atoms with Crippen LogP contribution in [-0.2, 0) is 14.9 Å². The second-order valence-corrected chi connectivity index (χ2v) is 7.59. The number of cyclic esters (lactones) is 1. The SMILES string of the molecule is CCN1C2=C(C(=O)OC2)C(C)(c2cc(OC)cc(OC)c2)c2cc(OC)c(OC)cc21. The van der Waals surface area contributed by atoms with Crippen molar-refractivity contribution in [2.24, 2.45) is 0 Å². The van der Waals surface area contributed by atoms with E-state index in [1.807, 2.05) is 44.2 Å². The van der Waals surface area contributed by atoms with Crippen LogP contribution >= 0.6 is 0 Å². The maximum Gasteiger partial charge on any atom is 0.337 e. The first kappa shape index (κ1) is 20.9. The van der Waals surface area contributed by atoms with Crippen molar-refractivity contribution in [3.63, 3.8) is 0 Å². The molecule has 2 aliphatic heterocycles. The number of ether oxygens (including phenoxy) is 5. The second kappa shape index (κ2) is 7.72. The number of benzene rings is 2. The molecule has 7 heteroatoms. The quantitative estimate of drug-likeness (QED) is 0.654. The number of carbonyl (C=O) groups is 1. The van der Waals surface area contributed by atoms with Crippen molar-refractivity contribution in [3.8, 4) is 23.0 Å². The molecule has 164 valence electrons. The van der Waals surface area contributed by atoms with Gasteiger partial charge < -0.3 is 28.6 Å². The lowest BCUT2D eigenvalue weighted by molar-refractivity contribution is -0.136. The molecule has 0 aromatic heterocycles. The van der Waals surface area contributed by atoms with Gasteiger partial charge in [0, 0.05) is 24.4 Å². The molecule has 4 rings (SSSR count). The Morgan fingerprint density at radius 2 is 1.55 bits per heavy atom. The number of rotatable bonds is 6. The van der Waals surface area contributed by atoms with Crippen molar-refractivity contribution in [3.05, 3.63) is 52.7 Å². The molecule has 7 nitrogen and oxygen atoms in total. The summed E-state index contributed by atoms with van der Waals surface area (Å²) in [5.74, 6) is 2.18. The van der Waals surface area contributed by atoms with Gasteiger partial charge in [0.15, 0.2) is 11.5 Å². The Morgan fingerprint density at radius 1 is 0.935 bits per heavy atom. The maximum atomic E-state index is 13.0. The Balaban J connectivity index is 2.09. The zero-order chi connectivity index (χ0) is 22.3. The molecule has 0 aliphatic carbocycles. The third-order valence-corrected chi connectivity index (χ3v) is 6.23. The van der Waals surface area contributed by atoms with Gasteiger partial charge in [0.1, 0.15) is 18.1 Å². The van der Waals surface area contributed by atoms with Crippen molar-refractivity contribution in [2.75, 3.05) is 46.5 Å². The van der Waals surface area contributed by atoms with E-state index in [4.69, 9.17) is 23.7 Å². The van der Waals surface area contributed by atoms with Crippen LogP contribution in [0.5, 0.6) is 23.0 Å². The van der Waals surface area contributed by atoms with Gasteiger partial charge >= 0.3 is 5.97 Å². The molecule has 0 amide bonds. The predicted octanol–water partition coefficient (Wildman–Crippen LogP) is 3.68. The molecule has 0 saturated heterocycles. The molecular weight excluding hydrogens is 398 g/mol. The third-order valence-electron chi connectivity index (χ3n) is 6.23. The fraction of sp³-hybridized carbons (Fsp3) is 0.375. The average molecular weight is 425 g/mol. The lowest BCUT2D eigenvalue weighted by Crippen LogP contribution is -2.39. The van der Waals surface area contributed by atoms with Gasteiger partial charge in [-0.15, -0.1) is 0 Å². The van der Waals surface area contributed by atoms with Gasteiger partial charge in [0.2, 0.25) is 0 Å². The first-order chi connectivity index (χ1) is 14.9. The molecule has 0 radical (unpaired) electrons. The van der Waals surface area contributed by atoms with Gasteiger partial charge in [0.05, 0.1) is 45.1 Å². The van der Waals surface area contributed by atoms with E-state index in [9.17, 15) is 4.79 Å². The molecular formula is C24H27NO6. The minimum absolute atomic E-state index is 0.229. The summed E-state index contributed by atoms with van der Waals surface area (Å²) in [4.78, 5) is 15.1. The number of esters is 1. The summed E-state index contributed by atoms with van der Waals surface area (Å²) in [5.41, 5.74) is 3.38. The van der Waals surface area contributed by atoms with Crippen LogP contribution in [0.3, 0.4) is 0 Å². The Hall–Kier alpha value is -3.35. The highest BCUT2D eigenvalue weighted by atomic mass is 16.5. The van der Waals surface area contributed by atoms with Crippen molar-refractivity contribution >= 4 is 11.7 Å². The molecule has 0 bridgehead atoms. The zero-order valence-electron chi connectivity index (χ0n) is 18.7. The summed E-state index contributed by atoms with van der Waals surface area (Å²) in [6.07, 6.45) is 0. The molecule has 0 N–H and O–H groups in total. The van der Waals surface area contributed by atoms with E-state index in [1.165, 1.54) is 0 Å². The fourth-order valence-electron chi connectivity index (χ4n) is 4.63. The van der Waals surface area contributed by atoms with E-state index in [1.54, 1.807) is 28.4 Å². The van der Waals surface area contributed by atoms with E-state index in [0.29, 0.717) is 35.1 Å². The van der Waals surface area contributed by atoms with Gasteiger partial charge in [-0.05, 0) is 43.2 Å². The van der Waals surface area contributed by atoms with Crippen LogP contribution in [-0.4, -0.2) is 47.6 Å². The van der Waals surface area contributed by atoms with Crippen LogP contribution in [0.1, 0.15) is 25.0 Å². The summed E-state index contributed by atoms with van der Waals surface area (Å²) in [6, 6.07) is 9.57. The zero-order valence-corrected chi connectivity index (χ0v) is 18.7. The number of carbonyl (C=O) groups excluding carboxylic acids is 1. The van der Waals surface area contributed by atoms with E-state index in [0.717, 1.165) is 22.5 Å². The van der Waals surface area contributed by atoms with Crippen molar-refractivity contribution < 1.29 is 28.5 Å². The highest BCUT2D eigenvalue weighted by molar-refractivity contribution is 5.99. The summed E-state index contributed by atoms with van der Waals surface area (Å²) < 4.78 is 27.7. The molecule has 31 heavy (non-hydrogen) atoms. The number of likely N-dealkylation sites (N-methyl/N-ethyl adjacent to an activating group) is 1. The summed E-state index contributed by atoms with van der Waals surface area (Å²) >= 11 is 0. The highest BCUT2D eigenvalue weighted by Crippen LogP contribution is 2.54. The lowest BCUT2D eigenvalue weighted by atomic mass is 9.67. The van der Waals surface area contributed by atoms with Crippen LogP contribution in [0, 0.1) is 0 Å². The average Bonchev–Trinajstić information content (AvgIpc) is 3.20. The number of hydrogen-bond acceptors (Lipinski definition) is 7. The molecule has 1 unspecified atom stereocenters. The van der Waals surface area contributed by atoms with Crippen molar-refractivity contribution in [1.29, 1.82) is 0 Å². The Kier molecular flexibility index (Phi) is 5.21. The van der Waals surface area contributed by atoms with Gasteiger partial charge in [-0.3, -0.25) is 0 Å². The van der Waals surface area contributed by atoms with Gasteiger partial charge in [-0.2, -0.15) is 0 Å². The predicted molar refractivity (Wildman–Crippen MR) is 117 cm³/mol. The normalized spacial score (nSPS) is 19.5. The van der Waals surface area contributed by atoms with Crippen LogP contribution in [0.15, 0.2) is 41.6 Å². The number of nitrogens with zero attached hydrogens (tertiary/aromatic N) is 1. The Labute approximate surface area is 182 Å². The molecule has 0 spiro atoms. The minimum atomic E-state index is -0.814. The molecule has 2 heterocycles. The first-order valence-electron chi connectivity index (χ1n) is 10.1. The van der Waals surface area contributed by atoms with Crippen LogP contribution < -0.4 is 23.8 Å².